The van der Waals surface area contributed by atoms with Gasteiger partial charge in [0.05, 0.1) is 30.4 Å². The molecule has 106 valence electrons. The van der Waals surface area contributed by atoms with Crippen molar-refractivity contribution < 1.29 is 9.53 Å². The highest BCUT2D eigenvalue weighted by atomic mass is 16.5. The van der Waals surface area contributed by atoms with Gasteiger partial charge in [-0.3, -0.25) is 0 Å². The van der Waals surface area contributed by atoms with Crippen LogP contribution in [0.5, 0.6) is 0 Å². The third kappa shape index (κ3) is 3.50. The van der Waals surface area contributed by atoms with Gasteiger partial charge in [-0.15, -0.1) is 0 Å². The van der Waals surface area contributed by atoms with Crippen LogP contribution in [-0.4, -0.2) is 29.2 Å². The summed E-state index contributed by atoms with van der Waals surface area (Å²) in [5, 5.41) is 3.23. The Morgan fingerprint density at radius 1 is 1.50 bits per heavy atom. The van der Waals surface area contributed by atoms with Crippen LogP contribution in [-0.2, 0) is 11.3 Å². The van der Waals surface area contributed by atoms with Crippen LogP contribution in [0.1, 0.15) is 16.8 Å². The van der Waals surface area contributed by atoms with Crippen molar-refractivity contribution in [2.45, 2.75) is 13.0 Å². The Morgan fingerprint density at radius 3 is 3.05 bits per heavy atom. The number of hydrogen-bond acceptors (Lipinski definition) is 5. The number of esters is 1. The summed E-state index contributed by atoms with van der Waals surface area (Å²) in [4.78, 5) is 15.4. The molecule has 0 spiro atoms. The van der Waals surface area contributed by atoms with Crippen molar-refractivity contribution in [3.05, 3.63) is 42.5 Å². The molecule has 0 unspecified atom stereocenters. The number of aromatic nitrogens is 2. The van der Waals surface area contributed by atoms with Crippen LogP contribution in [0.25, 0.3) is 0 Å². The van der Waals surface area contributed by atoms with Gasteiger partial charge in [0.25, 0.3) is 0 Å². The largest absolute Gasteiger partial charge is 0.465 e. The number of anilines is 2. The second-order valence-electron chi connectivity index (χ2n) is 4.37. The zero-order valence-electron chi connectivity index (χ0n) is 11.4. The summed E-state index contributed by atoms with van der Waals surface area (Å²) in [6.07, 6.45) is 6.39. The van der Waals surface area contributed by atoms with Gasteiger partial charge in [-0.05, 0) is 24.6 Å². The molecule has 0 radical (unpaired) electrons. The number of carbonyl (C=O) groups is 1. The van der Waals surface area contributed by atoms with E-state index >= 15 is 0 Å². The van der Waals surface area contributed by atoms with E-state index in [2.05, 4.69) is 15.0 Å². The molecule has 0 saturated carbocycles. The monoisotopic (exact) mass is 274 g/mol. The number of nitrogens with one attached hydrogen (secondary N) is 1. The van der Waals surface area contributed by atoms with E-state index in [4.69, 9.17) is 5.73 Å². The number of nitrogens with two attached hydrogens (primary N) is 1. The summed E-state index contributed by atoms with van der Waals surface area (Å²) in [5.41, 5.74) is 7.72. The summed E-state index contributed by atoms with van der Waals surface area (Å²) in [5.74, 6) is -0.369. The third-order valence-corrected chi connectivity index (χ3v) is 2.94. The second kappa shape index (κ2) is 6.60. The number of nitrogen functional groups attached to an aromatic ring is 1. The molecule has 2 aromatic rings. The molecule has 0 aliphatic rings. The zero-order valence-corrected chi connectivity index (χ0v) is 11.4. The second-order valence-corrected chi connectivity index (χ2v) is 4.37. The highest BCUT2D eigenvalue weighted by molar-refractivity contribution is 5.91. The van der Waals surface area contributed by atoms with Gasteiger partial charge in [-0.2, -0.15) is 0 Å². The highest BCUT2D eigenvalue weighted by Crippen LogP contribution is 2.20. The van der Waals surface area contributed by atoms with Crippen molar-refractivity contribution in [2.75, 3.05) is 24.7 Å². The van der Waals surface area contributed by atoms with Gasteiger partial charge in [-0.25, -0.2) is 9.78 Å². The molecule has 1 aromatic carbocycles. The minimum atomic E-state index is -0.369. The van der Waals surface area contributed by atoms with Gasteiger partial charge in [0.1, 0.15) is 0 Å². The maximum absolute atomic E-state index is 11.5. The molecule has 20 heavy (non-hydrogen) atoms. The molecule has 6 heteroatoms. The molecular weight excluding hydrogens is 256 g/mol. The first-order valence-electron chi connectivity index (χ1n) is 6.38. The summed E-state index contributed by atoms with van der Waals surface area (Å²) < 4.78 is 6.70. The molecule has 0 bridgehead atoms. The van der Waals surface area contributed by atoms with Crippen molar-refractivity contribution in [3.8, 4) is 0 Å². The molecule has 0 fully saturated rings. The normalized spacial score (nSPS) is 10.2. The van der Waals surface area contributed by atoms with Crippen LogP contribution < -0.4 is 11.1 Å². The number of aryl methyl sites for hydroxylation is 1. The van der Waals surface area contributed by atoms with E-state index in [9.17, 15) is 4.79 Å². The summed E-state index contributed by atoms with van der Waals surface area (Å²) in [7, 11) is 1.36. The SMILES string of the molecule is COC(=O)c1ccc(N)c(NCCCn2ccnc2)c1. The van der Waals surface area contributed by atoms with Crippen molar-refractivity contribution >= 4 is 17.3 Å². The van der Waals surface area contributed by atoms with Crippen molar-refractivity contribution in [1.29, 1.82) is 0 Å². The summed E-state index contributed by atoms with van der Waals surface area (Å²) >= 11 is 0. The Morgan fingerprint density at radius 2 is 2.35 bits per heavy atom. The summed E-state index contributed by atoms with van der Waals surface area (Å²) in [6.45, 7) is 1.64. The first kappa shape index (κ1) is 13.9. The van der Waals surface area contributed by atoms with Gasteiger partial charge < -0.3 is 20.4 Å². The minimum Gasteiger partial charge on any atom is -0.465 e. The highest BCUT2D eigenvalue weighted by Gasteiger charge is 2.07. The molecule has 0 saturated heterocycles. The number of carbonyl (C=O) groups excluding carboxylic acids is 1. The fourth-order valence-electron chi connectivity index (χ4n) is 1.86. The first-order valence-corrected chi connectivity index (χ1v) is 6.38. The third-order valence-electron chi connectivity index (χ3n) is 2.94. The topological polar surface area (TPSA) is 82.2 Å². The number of methoxy groups -OCH3 is 1. The lowest BCUT2D eigenvalue weighted by atomic mass is 10.1. The van der Waals surface area contributed by atoms with Gasteiger partial charge in [0.15, 0.2) is 0 Å². The lowest BCUT2D eigenvalue weighted by Gasteiger charge is -2.11. The van der Waals surface area contributed by atoms with E-state index in [1.807, 2.05) is 10.8 Å². The summed E-state index contributed by atoms with van der Waals surface area (Å²) in [6, 6.07) is 5.06. The fraction of sp³-hybridized carbons (Fsp3) is 0.286. The average Bonchev–Trinajstić information content (AvgIpc) is 2.97. The molecule has 0 atom stereocenters. The van der Waals surface area contributed by atoms with Crippen LogP contribution in [0.4, 0.5) is 11.4 Å². The number of rotatable bonds is 6. The Kier molecular flexibility index (Phi) is 4.60. The van der Waals surface area contributed by atoms with Crippen LogP contribution in [0.3, 0.4) is 0 Å². The van der Waals surface area contributed by atoms with Crippen LogP contribution in [0, 0.1) is 0 Å². The van der Waals surface area contributed by atoms with E-state index in [0.717, 1.165) is 25.2 Å². The number of imidazole rings is 1. The van der Waals surface area contributed by atoms with E-state index in [-0.39, 0.29) is 5.97 Å². The average molecular weight is 274 g/mol. The Balaban J connectivity index is 1.89. The molecule has 6 nitrogen and oxygen atoms in total. The minimum absolute atomic E-state index is 0.369. The van der Waals surface area contributed by atoms with E-state index < -0.39 is 0 Å². The van der Waals surface area contributed by atoms with Crippen LogP contribution in [0.15, 0.2) is 36.9 Å². The first-order chi connectivity index (χ1) is 9.70. The lowest BCUT2D eigenvalue weighted by Crippen LogP contribution is -2.09. The van der Waals surface area contributed by atoms with Gasteiger partial charge in [0, 0.05) is 25.5 Å². The zero-order chi connectivity index (χ0) is 14.4. The van der Waals surface area contributed by atoms with Crippen molar-refractivity contribution in [3.63, 3.8) is 0 Å². The Hall–Kier alpha value is -2.50. The number of benzene rings is 1. The molecular formula is C14H18N4O2. The number of hydrogen-bond donors (Lipinski definition) is 2. The van der Waals surface area contributed by atoms with Gasteiger partial charge in [0.2, 0.25) is 0 Å². The standard InChI is InChI=1S/C14H18N4O2/c1-20-14(19)11-3-4-12(15)13(9-11)17-5-2-7-18-8-6-16-10-18/h3-4,6,8-10,17H,2,5,7,15H2,1H3. The van der Waals surface area contributed by atoms with Gasteiger partial charge >= 0.3 is 5.97 Å². The Bertz CT molecular complexity index is 567. The molecule has 0 amide bonds. The molecule has 2 rings (SSSR count). The predicted octanol–water partition coefficient (Wildman–Crippen LogP) is 1.75. The molecule has 0 aliphatic heterocycles. The number of ether oxygens (including phenoxy) is 1. The molecule has 1 heterocycles. The lowest BCUT2D eigenvalue weighted by molar-refractivity contribution is 0.0601. The number of nitrogens with zero attached hydrogens (tertiary/aromatic N) is 2. The Labute approximate surface area is 117 Å². The van der Waals surface area contributed by atoms with Crippen molar-refractivity contribution in [2.24, 2.45) is 0 Å². The van der Waals surface area contributed by atoms with Gasteiger partial charge in [-0.1, -0.05) is 0 Å². The molecule has 1 aromatic heterocycles. The van der Waals surface area contributed by atoms with Crippen LogP contribution in [0.2, 0.25) is 0 Å². The fourth-order valence-corrected chi connectivity index (χ4v) is 1.86. The smallest absolute Gasteiger partial charge is 0.337 e. The van der Waals surface area contributed by atoms with E-state index in [0.29, 0.717) is 11.3 Å². The van der Waals surface area contributed by atoms with E-state index in [1.54, 1.807) is 30.7 Å². The van der Waals surface area contributed by atoms with Crippen molar-refractivity contribution in [1.82, 2.24) is 9.55 Å². The molecule has 3 N–H and O–H groups in total. The quantitative estimate of drug-likeness (QED) is 0.476. The maximum atomic E-state index is 11.5. The maximum Gasteiger partial charge on any atom is 0.337 e. The van der Waals surface area contributed by atoms with E-state index in [1.165, 1.54) is 7.11 Å². The molecule has 0 aliphatic carbocycles. The predicted molar refractivity (Wildman–Crippen MR) is 77.5 cm³/mol. The van der Waals surface area contributed by atoms with Crippen LogP contribution >= 0.6 is 0 Å².